The fourth-order valence-electron chi connectivity index (χ4n) is 4.51. The monoisotopic (exact) mass is 543 g/mol. The Balaban J connectivity index is 1.30. The van der Waals surface area contributed by atoms with Crippen LogP contribution in [0.25, 0.3) is 11.1 Å². The Morgan fingerprint density at radius 2 is 1.82 bits per heavy atom. The number of rotatable bonds is 7. The van der Waals surface area contributed by atoms with E-state index >= 15 is 4.39 Å². The molecule has 4 N–H and O–H groups in total. The molecule has 1 aliphatic heterocycles. The summed E-state index contributed by atoms with van der Waals surface area (Å²) < 4.78 is 52.4. The second kappa shape index (κ2) is 10.3. The summed E-state index contributed by atoms with van der Waals surface area (Å²) in [6.07, 6.45) is 6.22. The van der Waals surface area contributed by atoms with Gasteiger partial charge in [0.25, 0.3) is 5.91 Å². The first-order valence-corrected chi connectivity index (χ1v) is 13.8. The molecule has 2 aromatic carbocycles. The van der Waals surface area contributed by atoms with E-state index in [-0.39, 0.29) is 35.7 Å². The van der Waals surface area contributed by atoms with Crippen molar-refractivity contribution in [2.45, 2.75) is 37.8 Å². The maximum atomic E-state index is 15.1. The third-order valence-electron chi connectivity index (χ3n) is 6.78. The number of aromatic nitrogens is 2. The Morgan fingerprint density at radius 1 is 1.05 bits per heavy atom. The number of anilines is 1. The van der Waals surface area contributed by atoms with Crippen molar-refractivity contribution in [3.63, 3.8) is 0 Å². The lowest BCUT2D eigenvalue weighted by Crippen LogP contribution is -2.48. The van der Waals surface area contributed by atoms with E-state index < -0.39 is 39.8 Å². The van der Waals surface area contributed by atoms with Crippen LogP contribution in [0.15, 0.2) is 55.1 Å². The van der Waals surface area contributed by atoms with Gasteiger partial charge in [-0.1, -0.05) is 24.3 Å². The molecule has 0 unspecified atom stereocenters. The third-order valence-corrected chi connectivity index (χ3v) is 8.69. The van der Waals surface area contributed by atoms with Gasteiger partial charge in [-0.25, -0.2) is 18.7 Å². The number of nitrogens with zero attached hydrogens (tertiary/aromatic N) is 3. The molecule has 1 saturated heterocycles. The molecule has 1 aromatic heterocycles. The molecule has 12 heteroatoms. The van der Waals surface area contributed by atoms with Gasteiger partial charge in [-0.2, -0.15) is 0 Å². The van der Waals surface area contributed by atoms with Gasteiger partial charge in [-0.15, -0.1) is 10.8 Å². The second-order valence-corrected chi connectivity index (χ2v) is 11.5. The minimum absolute atomic E-state index is 0.0304. The molecule has 0 radical (unpaired) electrons. The molecule has 0 atom stereocenters. The lowest BCUT2D eigenvalue weighted by Gasteiger charge is -2.48. The van der Waals surface area contributed by atoms with Gasteiger partial charge < -0.3 is 10.6 Å². The van der Waals surface area contributed by atoms with E-state index in [2.05, 4.69) is 20.6 Å². The van der Waals surface area contributed by atoms with Crippen LogP contribution < -0.4 is 14.9 Å². The fraction of sp³-hybridized carbons (Fsp3) is 0.308. The Labute approximate surface area is 219 Å². The quantitative estimate of drug-likeness (QED) is 0.351. The first-order chi connectivity index (χ1) is 18.2. The van der Waals surface area contributed by atoms with Crippen molar-refractivity contribution >= 4 is 28.3 Å². The number of amides is 2. The van der Waals surface area contributed by atoms with Crippen LogP contribution in [-0.4, -0.2) is 48.7 Å². The van der Waals surface area contributed by atoms with E-state index in [1.165, 1.54) is 47.3 Å². The maximum absolute atomic E-state index is 15.1. The second-order valence-electron chi connectivity index (χ2n) is 9.43. The average Bonchev–Trinajstić information content (AvgIpc) is 3.69. The molecular formula is C26H27F2N5O4S. The van der Waals surface area contributed by atoms with Crippen molar-refractivity contribution < 1.29 is 27.5 Å². The topological polar surface area (TPSA) is 128 Å². The summed E-state index contributed by atoms with van der Waals surface area (Å²) in [6, 6.07) is 8.66. The summed E-state index contributed by atoms with van der Waals surface area (Å²) in [5.74, 6) is -1.98. The van der Waals surface area contributed by atoms with Crippen molar-refractivity contribution in [2.24, 2.45) is 0 Å². The minimum atomic E-state index is -3.19. The molecule has 9 nitrogen and oxygen atoms in total. The van der Waals surface area contributed by atoms with Crippen molar-refractivity contribution in [2.75, 3.05) is 16.6 Å². The zero-order chi connectivity index (χ0) is 26.9. The number of carbonyl (C=O) groups is 2. The molecule has 5 rings (SSSR count). The highest BCUT2D eigenvalue weighted by Gasteiger charge is 2.51. The van der Waals surface area contributed by atoms with Crippen LogP contribution in [0.3, 0.4) is 0 Å². The van der Waals surface area contributed by atoms with E-state index in [1.54, 1.807) is 12.1 Å². The summed E-state index contributed by atoms with van der Waals surface area (Å²) >= 11 is 0. The molecule has 38 heavy (non-hydrogen) atoms. The fourth-order valence-corrected chi connectivity index (χ4v) is 6.22. The molecule has 0 bridgehead atoms. The van der Waals surface area contributed by atoms with Crippen molar-refractivity contribution in [3.05, 3.63) is 77.9 Å². The van der Waals surface area contributed by atoms with Crippen LogP contribution in [0.4, 0.5) is 14.5 Å². The van der Waals surface area contributed by atoms with Crippen LogP contribution in [-0.2, 0) is 11.3 Å². The minimum Gasteiger partial charge on any atom is -0.350 e. The number of carbonyl (C=O) groups excluding carboxylic acids is 2. The lowest BCUT2D eigenvalue weighted by molar-refractivity contribution is -0.124. The Morgan fingerprint density at radius 3 is 2.50 bits per heavy atom. The molecule has 2 fully saturated rings. The Kier molecular flexibility index (Phi) is 7.03. The van der Waals surface area contributed by atoms with Crippen LogP contribution in [0.2, 0.25) is 0 Å². The summed E-state index contributed by atoms with van der Waals surface area (Å²) in [4.78, 5) is 32.8. The molecule has 2 aliphatic rings. The number of hydrogen-bond acceptors (Lipinski definition) is 7. The number of halogens is 2. The summed E-state index contributed by atoms with van der Waals surface area (Å²) in [5, 5.41) is 5.40. The zero-order valence-corrected chi connectivity index (χ0v) is 21.2. The predicted molar refractivity (Wildman–Crippen MR) is 139 cm³/mol. The molecule has 200 valence electrons. The summed E-state index contributed by atoms with van der Waals surface area (Å²) in [6.45, 7) is 0.165. The molecule has 2 amide bonds. The van der Waals surface area contributed by atoms with Crippen LogP contribution >= 0.6 is 10.8 Å². The molecule has 3 aromatic rings. The molecule has 0 spiro atoms. The lowest BCUT2D eigenvalue weighted by atomic mass is 10.0. The van der Waals surface area contributed by atoms with E-state index in [0.29, 0.717) is 36.8 Å². The largest absolute Gasteiger partial charge is 0.350 e. The zero-order valence-electron chi connectivity index (χ0n) is 20.4. The van der Waals surface area contributed by atoms with Gasteiger partial charge in [-0.05, 0) is 43.4 Å². The number of para-hydroxylation sites is 1. The smallest absolute Gasteiger partial charge is 0.255 e. The van der Waals surface area contributed by atoms with Gasteiger partial charge in [0, 0.05) is 36.6 Å². The van der Waals surface area contributed by atoms with Gasteiger partial charge in [0.05, 0.1) is 11.3 Å². The van der Waals surface area contributed by atoms with Gasteiger partial charge in [0.15, 0.2) is 0 Å². The normalized spacial score (nSPS) is 18.4. The molecule has 1 aliphatic carbocycles. The highest BCUT2D eigenvalue weighted by atomic mass is 32.3. The van der Waals surface area contributed by atoms with Crippen LogP contribution in [0.1, 0.15) is 41.6 Å². The third kappa shape index (κ3) is 5.19. The van der Waals surface area contributed by atoms with Gasteiger partial charge in [0.1, 0.15) is 29.2 Å². The van der Waals surface area contributed by atoms with E-state index in [4.69, 9.17) is 0 Å². The number of benzene rings is 2. The first-order valence-electron chi connectivity index (χ1n) is 12.2. The van der Waals surface area contributed by atoms with Crippen molar-refractivity contribution in [3.8, 4) is 11.1 Å². The van der Waals surface area contributed by atoms with Crippen molar-refractivity contribution in [1.29, 1.82) is 0 Å². The first kappa shape index (κ1) is 26.0. The summed E-state index contributed by atoms with van der Waals surface area (Å²) in [5.41, 5.74) is 0.117. The Hall–Kier alpha value is -3.61. The standard InChI is InChI=1S/C26H27F2N5O4S/c27-21-5-3-4-20(23(21)33-10-1-2-11-38(33,36)37)17-6-7-18(22(28)12-17)15-31-25(35)26(8-9-26)32-24(34)19-13-29-16-30-14-19/h3-7,12-14,16,36-37H,1-2,8-11,15H2,(H,31,35)(H,32,34). The number of hydrogen-bond donors (Lipinski definition) is 4. The van der Waals surface area contributed by atoms with Gasteiger partial charge >= 0.3 is 0 Å². The molecular weight excluding hydrogens is 516 g/mol. The van der Waals surface area contributed by atoms with E-state index in [0.717, 1.165) is 0 Å². The van der Waals surface area contributed by atoms with Crippen LogP contribution in [0, 0.1) is 11.6 Å². The van der Waals surface area contributed by atoms with E-state index in [9.17, 15) is 23.1 Å². The van der Waals surface area contributed by atoms with E-state index in [1.807, 2.05) is 0 Å². The SMILES string of the molecule is O=C(NC1(C(=O)NCc2ccc(-c3cccc(F)c3N3CCCCS3(O)O)cc2F)CC1)c1cncnc1. The molecule has 2 heterocycles. The molecule has 1 saturated carbocycles. The average molecular weight is 544 g/mol. The highest BCUT2D eigenvalue weighted by Crippen LogP contribution is 2.52. The van der Waals surface area contributed by atoms with Gasteiger partial charge in [0.2, 0.25) is 5.91 Å². The Bertz CT molecular complexity index is 1370. The van der Waals surface area contributed by atoms with Gasteiger partial charge in [-0.3, -0.25) is 23.0 Å². The number of nitrogens with one attached hydrogen (secondary N) is 2. The predicted octanol–water partition coefficient (Wildman–Crippen LogP) is 4.27. The highest BCUT2D eigenvalue weighted by molar-refractivity contribution is 8.25. The summed E-state index contributed by atoms with van der Waals surface area (Å²) in [7, 11) is -3.19. The van der Waals surface area contributed by atoms with Crippen molar-refractivity contribution in [1.82, 2.24) is 20.6 Å². The maximum Gasteiger partial charge on any atom is 0.255 e. The van der Waals surface area contributed by atoms with Crippen LogP contribution in [0.5, 0.6) is 0 Å².